The smallest absolute Gasteiger partial charge is 0.332 e. The molecule has 37 heavy (non-hydrogen) atoms. The van der Waals surface area contributed by atoms with E-state index < -0.39 is 17.4 Å². The van der Waals surface area contributed by atoms with Gasteiger partial charge in [0.25, 0.3) is 5.56 Å². The van der Waals surface area contributed by atoms with Crippen LogP contribution >= 0.6 is 15.9 Å². The first-order chi connectivity index (χ1) is 17.7. The number of aromatic hydroxyl groups is 1. The van der Waals surface area contributed by atoms with Crippen molar-refractivity contribution in [2.24, 2.45) is 19.2 Å². The van der Waals surface area contributed by atoms with E-state index in [1.165, 1.54) is 36.6 Å². The summed E-state index contributed by atoms with van der Waals surface area (Å²) in [6.07, 6.45) is 0.448. The first-order valence-electron chi connectivity index (χ1n) is 11.1. The monoisotopic (exact) mass is 572 g/mol. The highest BCUT2D eigenvalue weighted by Gasteiger charge is 2.21. The second kappa shape index (κ2) is 10.9. The van der Waals surface area contributed by atoms with Crippen molar-refractivity contribution in [2.75, 3.05) is 19.1 Å². The molecule has 0 saturated heterocycles. The molecule has 2 aromatic heterocycles. The van der Waals surface area contributed by atoms with Gasteiger partial charge in [0, 0.05) is 14.1 Å². The number of aromatic nitrogens is 4. The lowest BCUT2D eigenvalue weighted by molar-refractivity contribution is 0.0938. The van der Waals surface area contributed by atoms with Crippen LogP contribution < -0.4 is 26.1 Å². The number of imidazole rings is 1. The number of nitrogens with zero attached hydrogens (tertiary/aromatic N) is 5. The highest BCUT2D eigenvalue weighted by Crippen LogP contribution is 2.34. The number of phenolic OH excluding ortho intramolecular Hbond substituents is 1. The summed E-state index contributed by atoms with van der Waals surface area (Å²) in [6.45, 7) is -0.104. The summed E-state index contributed by atoms with van der Waals surface area (Å²) < 4.78 is 14.9. The Labute approximate surface area is 219 Å². The lowest BCUT2D eigenvalue weighted by atomic mass is 10.2. The maximum Gasteiger partial charge on any atom is 0.332 e. The summed E-state index contributed by atoms with van der Waals surface area (Å²) in [7, 11) is 4.31. The predicted molar refractivity (Wildman–Crippen MR) is 142 cm³/mol. The van der Waals surface area contributed by atoms with Crippen molar-refractivity contribution in [3.63, 3.8) is 0 Å². The SMILES string of the molecule is COc1cc(/C=N/Nc2nc3c(c(=O)n(C)c(=O)n3C)n2CC(O)COc2ccccc2)cc(Br)c1O. The molecule has 0 aliphatic rings. The number of hydrogen-bond donors (Lipinski definition) is 3. The van der Waals surface area contributed by atoms with E-state index in [-0.39, 0.29) is 41.8 Å². The van der Waals surface area contributed by atoms with Crippen LogP contribution in [0.3, 0.4) is 0 Å². The standard InChI is InChI=1S/C24H25BrN6O6/c1-29-21-19(22(34)30(2)24(29)35)31(12-15(32)13-37-16-7-5-4-6-8-16)23(27-21)28-26-11-14-9-17(25)20(33)18(10-14)36-3/h4-11,15,32-33H,12-13H2,1-3H3,(H,27,28)/b26-11+. The molecule has 0 saturated carbocycles. The van der Waals surface area contributed by atoms with Gasteiger partial charge in [0.1, 0.15) is 18.5 Å². The molecule has 0 spiro atoms. The molecule has 0 amide bonds. The number of anilines is 1. The third-order valence-electron chi connectivity index (χ3n) is 5.58. The Morgan fingerprint density at radius 1 is 1.19 bits per heavy atom. The van der Waals surface area contributed by atoms with Crippen molar-refractivity contribution in [3.8, 4) is 17.2 Å². The summed E-state index contributed by atoms with van der Waals surface area (Å²) in [5, 5.41) is 24.9. The van der Waals surface area contributed by atoms with Crippen LogP contribution in [-0.4, -0.2) is 54.9 Å². The molecule has 1 unspecified atom stereocenters. The van der Waals surface area contributed by atoms with Gasteiger partial charge in [-0.25, -0.2) is 10.2 Å². The molecule has 1 atom stereocenters. The van der Waals surface area contributed by atoms with Gasteiger partial charge in [-0.2, -0.15) is 10.1 Å². The summed E-state index contributed by atoms with van der Waals surface area (Å²) in [4.78, 5) is 29.8. The molecule has 2 heterocycles. The average Bonchev–Trinajstić information content (AvgIpc) is 3.25. The summed E-state index contributed by atoms with van der Waals surface area (Å²) >= 11 is 3.26. The second-order valence-electron chi connectivity index (χ2n) is 8.13. The van der Waals surface area contributed by atoms with Gasteiger partial charge in [-0.05, 0) is 45.8 Å². The van der Waals surface area contributed by atoms with E-state index in [4.69, 9.17) is 9.47 Å². The van der Waals surface area contributed by atoms with E-state index in [0.717, 1.165) is 4.57 Å². The van der Waals surface area contributed by atoms with Gasteiger partial charge in [0.05, 0.1) is 24.3 Å². The fourth-order valence-corrected chi connectivity index (χ4v) is 4.13. The average molecular weight is 573 g/mol. The Hall–Kier alpha value is -4.10. The topological polar surface area (TPSA) is 145 Å². The Balaban J connectivity index is 1.67. The molecule has 0 aliphatic carbocycles. The third-order valence-corrected chi connectivity index (χ3v) is 6.18. The van der Waals surface area contributed by atoms with Gasteiger partial charge in [0.2, 0.25) is 5.95 Å². The fraction of sp³-hybridized carbons (Fsp3) is 0.250. The molecular weight excluding hydrogens is 548 g/mol. The zero-order chi connectivity index (χ0) is 26.7. The highest BCUT2D eigenvalue weighted by atomic mass is 79.9. The van der Waals surface area contributed by atoms with Crippen LogP contribution in [0.15, 0.2) is 61.6 Å². The molecule has 4 rings (SSSR count). The molecule has 3 N–H and O–H groups in total. The zero-order valence-electron chi connectivity index (χ0n) is 20.3. The van der Waals surface area contributed by atoms with E-state index in [1.54, 1.807) is 24.3 Å². The number of aryl methyl sites for hydroxylation is 1. The Kier molecular flexibility index (Phi) is 7.64. The molecule has 0 fully saturated rings. The minimum atomic E-state index is -1.01. The molecule has 13 heteroatoms. The first kappa shape index (κ1) is 26.0. The van der Waals surface area contributed by atoms with Crippen LogP contribution in [0.4, 0.5) is 5.95 Å². The minimum Gasteiger partial charge on any atom is -0.503 e. The lowest BCUT2D eigenvalue weighted by Gasteiger charge is -2.15. The van der Waals surface area contributed by atoms with Gasteiger partial charge in [-0.3, -0.25) is 13.9 Å². The largest absolute Gasteiger partial charge is 0.503 e. The molecule has 4 aromatic rings. The van der Waals surface area contributed by atoms with Crippen LogP contribution in [-0.2, 0) is 20.6 Å². The number of fused-ring (bicyclic) bond motifs is 1. The number of phenols is 1. The molecule has 0 aliphatic heterocycles. The van der Waals surface area contributed by atoms with Gasteiger partial charge >= 0.3 is 5.69 Å². The van der Waals surface area contributed by atoms with Crippen molar-refractivity contribution >= 4 is 39.3 Å². The van der Waals surface area contributed by atoms with E-state index in [0.29, 0.717) is 15.8 Å². The van der Waals surface area contributed by atoms with Crippen molar-refractivity contribution in [3.05, 3.63) is 73.3 Å². The van der Waals surface area contributed by atoms with Crippen molar-refractivity contribution in [2.45, 2.75) is 12.6 Å². The number of aliphatic hydroxyl groups excluding tert-OH is 1. The van der Waals surface area contributed by atoms with E-state index in [1.807, 2.05) is 18.2 Å². The second-order valence-corrected chi connectivity index (χ2v) is 8.98. The highest BCUT2D eigenvalue weighted by molar-refractivity contribution is 9.10. The fourth-order valence-electron chi connectivity index (χ4n) is 3.67. The van der Waals surface area contributed by atoms with Gasteiger partial charge in [-0.1, -0.05) is 18.2 Å². The first-order valence-corrected chi connectivity index (χ1v) is 11.9. The van der Waals surface area contributed by atoms with Crippen LogP contribution in [0.1, 0.15) is 5.56 Å². The maximum atomic E-state index is 13.0. The van der Waals surface area contributed by atoms with E-state index in [2.05, 4.69) is 31.4 Å². The number of methoxy groups -OCH3 is 1. The number of nitrogens with one attached hydrogen (secondary N) is 1. The van der Waals surface area contributed by atoms with Crippen molar-refractivity contribution in [1.82, 2.24) is 18.7 Å². The van der Waals surface area contributed by atoms with Gasteiger partial charge in [0.15, 0.2) is 22.7 Å². The number of hydrazone groups is 1. The predicted octanol–water partition coefficient (Wildman–Crippen LogP) is 1.80. The molecule has 0 radical (unpaired) electrons. The number of ether oxygens (including phenoxy) is 2. The minimum absolute atomic E-state index is 0.0419. The lowest BCUT2D eigenvalue weighted by Crippen LogP contribution is -2.38. The quantitative estimate of drug-likeness (QED) is 0.203. The molecule has 194 valence electrons. The summed E-state index contributed by atoms with van der Waals surface area (Å²) in [6, 6.07) is 12.2. The number of benzene rings is 2. The molecule has 0 bridgehead atoms. The number of para-hydroxylation sites is 1. The van der Waals surface area contributed by atoms with Crippen molar-refractivity contribution in [1.29, 1.82) is 0 Å². The van der Waals surface area contributed by atoms with E-state index in [9.17, 15) is 19.8 Å². The maximum absolute atomic E-state index is 13.0. The van der Waals surface area contributed by atoms with Crippen LogP contribution in [0.2, 0.25) is 0 Å². The Bertz CT molecular complexity index is 1580. The summed E-state index contributed by atoms with van der Waals surface area (Å²) in [5.74, 6) is 0.933. The molecule has 2 aromatic carbocycles. The third kappa shape index (κ3) is 5.37. The van der Waals surface area contributed by atoms with Crippen LogP contribution in [0.5, 0.6) is 17.2 Å². The van der Waals surface area contributed by atoms with Crippen molar-refractivity contribution < 1.29 is 19.7 Å². The van der Waals surface area contributed by atoms with Gasteiger partial charge < -0.3 is 24.3 Å². The van der Waals surface area contributed by atoms with Crippen LogP contribution in [0.25, 0.3) is 11.2 Å². The van der Waals surface area contributed by atoms with E-state index >= 15 is 0 Å². The van der Waals surface area contributed by atoms with Gasteiger partial charge in [-0.15, -0.1) is 0 Å². The normalized spacial score (nSPS) is 12.2. The number of halogens is 1. The number of rotatable bonds is 9. The molecule has 12 nitrogen and oxygen atoms in total. The number of hydrogen-bond acceptors (Lipinski definition) is 9. The Morgan fingerprint density at radius 3 is 2.62 bits per heavy atom. The summed E-state index contributed by atoms with van der Waals surface area (Å²) in [5.41, 5.74) is 2.53. The number of aliphatic hydroxyl groups is 1. The zero-order valence-corrected chi connectivity index (χ0v) is 21.8. The molecular formula is C24H25BrN6O6. The van der Waals surface area contributed by atoms with Crippen LogP contribution in [0, 0.1) is 0 Å². The Morgan fingerprint density at radius 2 is 1.92 bits per heavy atom.